The van der Waals surface area contributed by atoms with Gasteiger partial charge in [-0.25, -0.2) is 18.2 Å². The van der Waals surface area contributed by atoms with Gasteiger partial charge in [-0.3, -0.25) is 19.1 Å². The summed E-state index contributed by atoms with van der Waals surface area (Å²) in [5, 5.41) is 6.20. The van der Waals surface area contributed by atoms with Gasteiger partial charge in [-0.1, -0.05) is 50.0 Å². The van der Waals surface area contributed by atoms with Gasteiger partial charge in [-0.2, -0.15) is 0 Å². The average molecular weight is 790 g/mol. The summed E-state index contributed by atoms with van der Waals surface area (Å²) in [6, 6.07) is 7.87. The molecule has 0 spiro atoms. The molecule has 7 atom stereocenters. The second-order valence-electron chi connectivity index (χ2n) is 17.0. The van der Waals surface area contributed by atoms with Crippen LogP contribution in [-0.4, -0.2) is 83.7 Å². The highest BCUT2D eigenvalue weighted by molar-refractivity contribution is 7.91. The second-order valence-corrected chi connectivity index (χ2v) is 19.0. The Hall–Kier alpha value is -4.20. The summed E-state index contributed by atoms with van der Waals surface area (Å²) in [4.78, 5) is 63.5. The molecule has 56 heavy (non-hydrogen) atoms. The largest absolute Gasteiger partial charge is 0.487 e. The van der Waals surface area contributed by atoms with E-state index in [9.17, 15) is 27.6 Å². The van der Waals surface area contributed by atoms with Crippen molar-refractivity contribution < 1.29 is 37.1 Å². The third-order valence-electron chi connectivity index (χ3n) is 13.4. The minimum Gasteiger partial charge on any atom is -0.487 e. The molecule has 3 heterocycles. The van der Waals surface area contributed by atoms with Gasteiger partial charge < -0.3 is 25.0 Å². The number of hydrogen-bond donors (Lipinski definition) is 3. The Kier molecular flexibility index (Phi) is 11.0. The molecule has 2 aliphatic heterocycles. The Morgan fingerprint density at radius 2 is 1.68 bits per heavy atom. The van der Waals surface area contributed by atoms with Crippen LogP contribution < -0.4 is 20.1 Å². The van der Waals surface area contributed by atoms with Crippen molar-refractivity contribution in [3.05, 3.63) is 48.7 Å². The minimum absolute atomic E-state index is 0.0635. The van der Waals surface area contributed by atoms with Gasteiger partial charge in [0.15, 0.2) is 0 Å². The number of nitrogens with zero attached hydrogens (tertiary/aromatic N) is 2. The van der Waals surface area contributed by atoms with Crippen LogP contribution in [0.2, 0.25) is 0 Å². The summed E-state index contributed by atoms with van der Waals surface area (Å²) in [6.45, 7) is 3.94. The standard InChI is InChI=1S/C42H55N5O8S/c1-2-29-21-22-42(29,40(50)46-56(52,53)31-19-20-31)45-38(48)34-24-30-25-47(34)39(49)37(27-12-6-7-13-27)44-41(51)55-35-18-10-15-26(35)11-4-3-5-17-33-36(54-30)23-28-14-8-9-16-32(28)43-33/h2,8-9,14,16,23,26-27,29-31,34-35,37H,1,3-7,10-13,15,17-22,24-25H2,(H,44,51)(H,45,48)(H,46,50). The molecule has 8 rings (SSSR count). The van der Waals surface area contributed by atoms with Crippen molar-refractivity contribution >= 4 is 44.7 Å². The summed E-state index contributed by atoms with van der Waals surface area (Å²) in [7, 11) is -3.89. The highest BCUT2D eigenvalue weighted by atomic mass is 32.2. The maximum absolute atomic E-state index is 14.9. The monoisotopic (exact) mass is 789 g/mol. The van der Waals surface area contributed by atoms with E-state index >= 15 is 0 Å². The highest BCUT2D eigenvalue weighted by Gasteiger charge is 2.56. The van der Waals surface area contributed by atoms with Crippen LogP contribution in [0.1, 0.15) is 108 Å². The van der Waals surface area contributed by atoms with E-state index in [1.54, 1.807) is 6.08 Å². The molecule has 302 valence electrons. The molecule has 1 aromatic heterocycles. The van der Waals surface area contributed by atoms with E-state index in [1.165, 1.54) is 4.90 Å². The Balaban J connectivity index is 1.13. The predicted molar refractivity (Wildman–Crippen MR) is 209 cm³/mol. The third-order valence-corrected chi connectivity index (χ3v) is 15.2. The van der Waals surface area contributed by atoms with Gasteiger partial charge in [0.25, 0.3) is 5.91 Å². The molecule has 0 radical (unpaired) electrons. The Labute approximate surface area is 329 Å². The number of hydrogen-bond acceptors (Lipinski definition) is 9. The molecule has 4 aliphatic carbocycles. The van der Waals surface area contributed by atoms with Crippen LogP contribution in [0.25, 0.3) is 10.9 Å². The molecule has 13 nitrogen and oxygen atoms in total. The van der Waals surface area contributed by atoms with Crippen LogP contribution in [0.15, 0.2) is 43.0 Å². The van der Waals surface area contributed by atoms with Crippen molar-refractivity contribution in [2.45, 2.75) is 144 Å². The van der Waals surface area contributed by atoms with Gasteiger partial charge in [0.1, 0.15) is 35.6 Å². The number of sulfonamides is 1. The highest BCUT2D eigenvalue weighted by Crippen LogP contribution is 2.42. The first-order valence-corrected chi connectivity index (χ1v) is 22.4. The van der Waals surface area contributed by atoms with Crippen LogP contribution in [0.5, 0.6) is 5.75 Å². The van der Waals surface area contributed by atoms with Crippen LogP contribution in [-0.2, 0) is 35.6 Å². The van der Waals surface area contributed by atoms with Crippen LogP contribution >= 0.6 is 0 Å². The molecule has 6 aliphatic rings. The van der Waals surface area contributed by atoms with E-state index in [1.807, 2.05) is 30.3 Å². The van der Waals surface area contributed by atoms with Crippen molar-refractivity contribution in [1.82, 2.24) is 25.2 Å². The smallest absolute Gasteiger partial charge is 0.408 e. The lowest BCUT2D eigenvalue weighted by Crippen LogP contribution is -2.70. The number of carbonyl (C=O) groups excluding carboxylic acids is 4. The number of carbonyl (C=O) groups is 4. The summed E-state index contributed by atoms with van der Waals surface area (Å²) < 4.78 is 40.8. The molecule has 7 unspecified atom stereocenters. The first-order chi connectivity index (χ1) is 27.0. The normalized spacial score (nSPS) is 31.8. The molecule has 4 saturated carbocycles. The number of rotatable bonds is 7. The zero-order valence-corrected chi connectivity index (χ0v) is 32.9. The summed E-state index contributed by atoms with van der Waals surface area (Å²) >= 11 is 0. The number of para-hydroxylation sites is 1. The summed E-state index contributed by atoms with van der Waals surface area (Å²) in [5.41, 5.74) is 0.147. The van der Waals surface area contributed by atoms with E-state index in [0.717, 1.165) is 87.2 Å². The SMILES string of the molecule is C=CC1CCC1(NC(=O)C1CC2CN1C(=O)C(C1CCCC1)NC(=O)OC1CCCC1CCCCCc1nc3ccccc3cc1O2)C(=O)NS(=O)(=O)C1CC1. The van der Waals surface area contributed by atoms with Gasteiger partial charge in [0.2, 0.25) is 21.8 Å². The van der Waals surface area contributed by atoms with E-state index in [2.05, 4.69) is 21.9 Å². The van der Waals surface area contributed by atoms with Crippen molar-refractivity contribution in [2.24, 2.45) is 17.8 Å². The van der Waals surface area contributed by atoms with E-state index in [-0.39, 0.29) is 37.3 Å². The molecule has 3 N–H and O–H groups in total. The number of ether oxygens (including phenoxy) is 2. The molecular weight excluding hydrogens is 735 g/mol. The lowest BCUT2D eigenvalue weighted by Gasteiger charge is -2.47. The molecule has 1 saturated heterocycles. The lowest BCUT2D eigenvalue weighted by atomic mass is 9.66. The zero-order valence-electron chi connectivity index (χ0n) is 32.1. The molecule has 5 fully saturated rings. The summed E-state index contributed by atoms with van der Waals surface area (Å²) in [6.07, 6.45) is 12.6. The molecule has 14 heteroatoms. The number of pyridine rings is 1. The van der Waals surface area contributed by atoms with Crippen molar-refractivity contribution in [3.63, 3.8) is 0 Å². The van der Waals surface area contributed by atoms with E-state index in [0.29, 0.717) is 31.4 Å². The van der Waals surface area contributed by atoms with Gasteiger partial charge in [-0.15, -0.1) is 6.58 Å². The number of aryl methyl sites for hydroxylation is 1. The topological polar surface area (TPSA) is 173 Å². The number of aromatic nitrogens is 1. The van der Waals surface area contributed by atoms with Gasteiger partial charge in [0.05, 0.1) is 23.0 Å². The van der Waals surface area contributed by atoms with Crippen molar-refractivity contribution in [2.75, 3.05) is 6.54 Å². The van der Waals surface area contributed by atoms with E-state index < -0.39 is 68.7 Å². The minimum atomic E-state index is -3.89. The Morgan fingerprint density at radius 3 is 2.43 bits per heavy atom. The quantitative estimate of drug-likeness (QED) is 0.319. The third kappa shape index (κ3) is 7.86. The fourth-order valence-electron chi connectivity index (χ4n) is 9.88. The predicted octanol–water partition coefficient (Wildman–Crippen LogP) is 5.21. The number of fused-ring (bicyclic) bond motifs is 5. The fraction of sp³-hybridized carbons (Fsp3) is 0.643. The van der Waals surface area contributed by atoms with E-state index in [4.69, 9.17) is 14.5 Å². The van der Waals surface area contributed by atoms with Gasteiger partial charge in [-0.05, 0) is 101 Å². The maximum atomic E-state index is 14.9. The fourth-order valence-corrected chi connectivity index (χ4v) is 11.2. The molecule has 4 amide bonds. The molecular formula is C42H55N5O8S. The second kappa shape index (κ2) is 16.0. The first kappa shape index (κ1) is 38.7. The summed E-state index contributed by atoms with van der Waals surface area (Å²) in [5.74, 6) is -1.54. The Bertz CT molecular complexity index is 1960. The first-order valence-electron chi connectivity index (χ1n) is 20.9. The molecule has 2 bridgehead atoms. The van der Waals surface area contributed by atoms with Gasteiger partial charge >= 0.3 is 6.09 Å². The van der Waals surface area contributed by atoms with Crippen molar-refractivity contribution in [3.8, 4) is 5.75 Å². The number of alkyl carbamates (subject to hydrolysis) is 1. The molecule has 1 aromatic carbocycles. The maximum Gasteiger partial charge on any atom is 0.408 e. The lowest BCUT2D eigenvalue weighted by molar-refractivity contribution is -0.145. The molecule has 2 aromatic rings. The van der Waals surface area contributed by atoms with Crippen LogP contribution in [0, 0.1) is 17.8 Å². The van der Waals surface area contributed by atoms with Crippen LogP contribution in [0.3, 0.4) is 0 Å². The van der Waals surface area contributed by atoms with Crippen LogP contribution in [0.4, 0.5) is 4.79 Å². The van der Waals surface area contributed by atoms with Gasteiger partial charge in [0, 0.05) is 17.7 Å². The Morgan fingerprint density at radius 1 is 0.929 bits per heavy atom. The number of nitrogens with one attached hydrogen (secondary N) is 3. The average Bonchev–Trinajstić information content (AvgIpc) is 3.51. The number of benzene rings is 1. The number of amides is 4. The zero-order chi connectivity index (χ0) is 39.0. The van der Waals surface area contributed by atoms with Crippen molar-refractivity contribution in [1.29, 1.82) is 0 Å².